The Kier molecular flexibility index (Phi) is 3.51. The van der Waals surface area contributed by atoms with E-state index in [1.165, 1.54) is 0 Å². The van der Waals surface area contributed by atoms with Crippen molar-refractivity contribution < 1.29 is 0 Å². The number of aryl methyl sites for hydroxylation is 1. The van der Waals surface area contributed by atoms with Crippen molar-refractivity contribution in [3.8, 4) is 0 Å². The van der Waals surface area contributed by atoms with Crippen LogP contribution in [0.3, 0.4) is 0 Å². The molecule has 0 saturated heterocycles. The van der Waals surface area contributed by atoms with Crippen molar-refractivity contribution in [1.29, 1.82) is 0 Å². The Hall–Kier alpha value is -1.00. The number of aromatic nitrogens is 1. The second-order valence-corrected chi connectivity index (χ2v) is 5.44. The lowest BCUT2D eigenvalue weighted by Gasteiger charge is -2.05. The Labute approximate surface area is 107 Å². The number of nitrogens with zero attached hydrogens (tertiary/aromatic N) is 1. The van der Waals surface area contributed by atoms with Crippen LogP contribution >= 0.6 is 27.7 Å². The lowest BCUT2D eigenvalue weighted by Crippen LogP contribution is -1.92. The average molecular weight is 295 g/mol. The van der Waals surface area contributed by atoms with E-state index in [0.29, 0.717) is 0 Å². The normalized spacial score (nSPS) is 10.4. The highest BCUT2D eigenvalue weighted by atomic mass is 79.9. The SMILES string of the molecule is Cc1cnc(Sc2cccc(Br)c2)c(N)c1. The summed E-state index contributed by atoms with van der Waals surface area (Å²) in [5.74, 6) is 0. The van der Waals surface area contributed by atoms with Crippen LogP contribution in [0.5, 0.6) is 0 Å². The fourth-order valence-electron chi connectivity index (χ4n) is 1.31. The molecule has 0 atom stereocenters. The van der Waals surface area contributed by atoms with E-state index < -0.39 is 0 Å². The maximum Gasteiger partial charge on any atom is 0.124 e. The van der Waals surface area contributed by atoms with E-state index in [0.717, 1.165) is 25.6 Å². The van der Waals surface area contributed by atoms with Crippen molar-refractivity contribution >= 4 is 33.4 Å². The van der Waals surface area contributed by atoms with Crippen LogP contribution in [-0.4, -0.2) is 4.98 Å². The number of nitrogens with two attached hydrogens (primary N) is 1. The molecule has 1 aromatic carbocycles. The minimum Gasteiger partial charge on any atom is -0.397 e. The van der Waals surface area contributed by atoms with Gasteiger partial charge in [0, 0.05) is 15.6 Å². The predicted molar refractivity (Wildman–Crippen MR) is 71.7 cm³/mol. The Morgan fingerprint density at radius 3 is 2.81 bits per heavy atom. The maximum atomic E-state index is 5.91. The molecule has 0 aliphatic carbocycles. The molecule has 16 heavy (non-hydrogen) atoms. The molecular formula is C12H11BrN2S. The van der Waals surface area contributed by atoms with Gasteiger partial charge in [-0.3, -0.25) is 0 Å². The van der Waals surface area contributed by atoms with Gasteiger partial charge in [0.1, 0.15) is 5.03 Å². The monoisotopic (exact) mass is 294 g/mol. The molecule has 0 saturated carbocycles. The number of anilines is 1. The first-order valence-corrected chi connectivity index (χ1v) is 6.41. The second kappa shape index (κ2) is 4.89. The molecular weight excluding hydrogens is 284 g/mol. The Bertz CT molecular complexity index is 514. The van der Waals surface area contributed by atoms with Gasteiger partial charge in [-0.05, 0) is 36.8 Å². The van der Waals surface area contributed by atoms with Crippen molar-refractivity contribution in [2.75, 3.05) is 5.73 Å². The zero-order valence-electron chi connectivity index (χ0n) is 8.77. The molecule has 2 nitrogen and oxygen atoms in total. The van der Waals surface area contributed by atoms with Crippen LogP contribution in [0.1, 0.15) is 5.56 Å². The number of rotatable bonds is 2. The van der Waals surface area contributed by atoms with Gasteiger partial charge in [0.05, 0.1) is 5.69 Å². The highest BCUT2D eigenvalue weighted by Gasteiger charge is 2.03. The third kappa shape index (κ3) is 2.77. The first-order valence-electron chi connectivity index (χ1n) is 4.81. The van der Waals surface area contributed by atoms with E-state index >= 15 is 0 Å². The summed E-state index contributed by atoms with van der Waals surface area (Å²) in [6, 6.07) is 10.0. The summed E-state index contributed by atoms with van der Waals surface area (Å²) >= 11 is 5.01. The van der Waals surface area contributed by atoms with E-state index in [1.54, 1.807) is 11.8 Å². The number of pyridine rings is 1. The summed E-state index contributed by atoms with van der Waals surface area (Å²) in [5, 5.41) is 0.851. The summed E-state index contributed by atoms with van der Waals surface area (Å²) in [7, 11) is 0. The molecule has 0 aliphatic heterocycles. The smallest absolute Gasteiger partial charge is 0.124 e. The van der Waals surface area contributed by atoms with Crippen molar-refractivity contribution in [2.45, 2.75) is 16.8 Å². The number of hydrogen-bond donors (Lipinski definition) is 1. The van der Waals surface area contributed by atoms with Gasteiger partial charge in [0.25, 0.3) is 0 Å². The van der Waals surface area contributed by atoms with Gasteiger partial charge in [0.15, 0.2) is 0 Å². The lowest BCUT2D eigenvalue weighted by molar-refractivity contribution is 1.12. The van der Waals surface area contributed by atoms with Gasteiger partial charge < -0.3 is 5.73 Å². The third-order valence-corrected chi connectivity index (χ3v) is 3.54. The predicted octanol–water partition coefficient (Wildman–Crippen LogP) is 3.89. The van der Waals surface area contributed by atoms with Crippen LogP contribution in [0.4, 0.5) is 5.69 Å². The van der Waals surface area contributed by atoms with Crippen LogP contribution in [0.25, 0.3) is 0 Å². The zero-order chi connectivity index (χ0) is 11.5. The Morgan fingerprint density at radius 2 is 2.12 bits per heavy atom. The molecule has 1 heterocycles. The van der Waals surface area contributed by atoms with Crippen LogP contribution in [0, 0.1) is 6.92 Å². The molecule has 0 spiro atoms. The fraction of sp³-hybridized carbons (Fsp3) is 0.0833. The largest absolute Gasteiger partial charge is 0.397 e. The van der Waals surface area contributed by atoms with Crippen molar-refractivity contribution in [1.82, 2.24) is 4.98 Å². The molecule has 2 N–H and O–H groups in total. The van der Waals surface area contributed by atoms with Gasteiger partial charge in [-0.2, -0.15) is 0 Å². The van der Waals surface area contributed by atoms with E-state index in [2.05, 4.69) is 20.9 Å². The summed E-state index contributed by atoms with van der Waals surface area (Å²) in [5.41, 5.74) is 7.72. The highest BCUT2D eigenvalue weighted by Crippen LogP contribution is 2.31. The van der Waals surface area contributed by atoms with Gasteiger partial charge in [0.2, 0.25) is 0 Å². The van der Waals surface area contributed by atoms with E-state index in [-0.39, 0.29) is 0 Å². The molecule has 0 bridgehead atoms. The minimum atomic E-state index is 0.727. The standard InChI is InChI=1S/C12H11BrN2S/c1-8-5-11(14)12(15-7-8)16-10-4-2-3-9(13)6-10/h2-7H,14H2,1H3. The van der Waals surface area contributed by atoms with Crippen LogP contribution in [-0.2, 0) is 0 Å². The number of benzene rings is 1. The average Bonchev–Trinajstić information content (AvgIpc) is 2.22. The molecule has 82 valence electrons. The summed E-state index contributed by atoms with van der Waals surface area (Å²) in [6.07, 6.45) is 1.83. The number of hydrogen-bond acceptors (Lipinski definition) is 3. The molecule has 0 radical (unpaired) electrons. The summed E-state index contributed by atoms with van der Waals surface area (Å²) in [4.78, 5) is 5.45. The lowest BCUT2D eigenvalue weighted by atomic mass is 10.3. The number of nitrogen functional groups attached to an aromatic ring is 1. The van der Waals surface area contributed by atoms with Crippen molar-refractivity contribution in [3.63, 3.8) is 0 Å². The first-order chi connectivity index (χ1) is 7.65. The van der Waals surface area contributed by atoms with E-state index in [4.69, 9.17) is 5.73 Å². The Balaban J connectivity index is 2.27. The molecule has 0 amide bonds. The second-order valence-electron chi connectivity index (χ2n) is 3.47. The Morgan fingerprint density at radius 1 is 1.31 bits per heavy atom. The van der Waals surface area contributed by atoms with Crippen LogP contribution < -0.4 is 5.73 Å². The molecule has 0 aliphatic rings. The highest BCUT2D eigenvalue weighted by molar-refractivity contribution is 9.10. The molecule has 4 heteroatoms. The van der Waals surface area contributed by atoms with Gasteiger partial charge >= 0.3 is 0 Å². The zero-order valence-corrected chi connectivity index (χ0v) is 11.2. The topological polar surface area (TPSA) is 38.9 Å². The molecule has 1 aromatic heterocycles. The molecule has 0 unspecified atom stereocenters. The van der Waals surface area contributed by atoms with Crippen LogP contribution in [0.2, 0.25) is 0 Å². The van der Waals surface area contributed by atoms with Gasteiger partial charge in [-0.25, -0.2) is 4.98 Å². The number of halogens is 1. The van der Waals surface area contributed by atoms with Crippen molar-refractivity contribution in [3.05, 3.63) is 46.6 Å². The fourth-order valence-corrected chi connectivity index (χ4v) is 2.70. The van der Waals surface area contributed by atoms with Gasteiger partial charge in [-0.15, -0.1) is 0 Å². The first kappa shape index (κ1) is 11.5. The summed E-state index contributed by atoms with van der Waals surface area (Å²) < 4.78 is 1.06. The molecule has 2 aromatic rings. The van der Waals surface area contributed by atoms with Crippen LogP contribution in [0.15, 0.2) is 50.9 Å². The maximum absolute atomic E-state index is 5.91. The minimum absolute atomic E-state index is 0.727. The summed E-state index contributed by atoms with van der Waals surface area (Å²) in [6.45, 7) is 1.98. The molecule has 0 fully saturated rings. The van der Waals surface area contributed by atoms with Gasteiger partial charge in [-0.1, -0.05) is 33.8 Å². The third-order valence-electron chi connectivity index (χ3n) is 2.03. The molecule has 2 rings (SSSR count). The van der Waals surface area contributed by atoms with E-state index in [1.807, 2.05) is 43.5 Å². The quantitative estimate of drug-likeness (QED) is 0.913. The van der Waals surface area contributed by atoms with Crippen molar-refractivity contribution in [2.24, 2.45) is 0 Å². The van der Waals surface area contributed by atoms with E-state index in [9.17, 15) is 0 Å².